The average molecular weight is 369 g/mol. The first kappa shape index (κ1) is 16.9. The molecule has 1 atom stereocenters. The lowest BCUT2D eigenvalue weighted by Crippen LogP contribution is -2.11. The molecule has 7 nitrogen and oxygen atoms in total. The van der Waals surface area contributed by atoms with Crippen LogP contribution < -0.4 is 11.1 Å². The highest BCUT2D eigenvalue weighted by molar-refractivity contribution is 5.84. The first-order valence-electron chi connectivity index (χ1n) is 8.59. The van der Waals surface area contributed by atoms with E-state index in [1.165, 1.54) is 18.5 Å². The molecule has 3 N–H and O–H groups in total. The maximum absolute atomic E-state index is 13.2. The smallest absolute Gasteiger partial charge is 0.166 e. The summed E-state index contributed by atoms with van der Waals surface area (Å²) in [6.07, 6.45) is 5.75. The van der Waals surface area contributed by atoms with E-state index in [1.807, 2.05) is 6.07 Å². The van der Waals surface area contributed by atoms with Crippen molar-refractivity contribution in [1.29, 1.82) is 0 Å². The van der Waals surface area contributed by atoms with Gasteiger partial charge in [-0.15, -0.1) is 5.10 Å². The van der Waals surface area contributed by atoms with E-state index in [4.69, 9.17) is 5.73 Å². The monoisotopic (exact) mass is 369 g/mol. The minimum Gasteiger partial charge on any atom is -0.382 e. The number of benzene rings is 1. The molecule has 0 unspecified atom stereocenters. The molecule has 0 aliphatic carbocycles. The molecule has 0 aliphatic rings. The van der Waals surface area contributed by atoms with Gasteiger partial charge in [0.2, 0.25) is 0 Å². The molecule has 0 spiro atoms. The molecular formula is C19H24FN7. The van der Waals surface area contributed by atoms with E-state index in [0.29, 0.717) is 28.5 Å². The molecule has 3 heterocycles. The summed E-state index contributed by atoms with van der Waals surface area (Å²) in [7, 11) is 0. The maximum Gasteiger partial charge on any atom is 0.166 e. The van der Waals surface area contributed by atoms with Crippen molar-refractivity contribution >= 4 is 17.3 Å². The SMILES string of the molecule is CC[C@H](Nc1cc(-c2c(N)nn3cccnc23)ncn1)c1ccc(F)cc1.[HH].[HH].[HH]. The zero-order valence-electron chi connectivity index (χ0n) is 14.7. The summed E-state index contributed by atoms with van der Waals surface area (Å²) < 4.78 is 14.8. The Balaban J connectivity index is 0.00000150. The molecule has 1 aromatic carbocycles. The van der Waals surface area contributed by atoms with Crippen LogP contribution in [-0.2, 0) is 0 Å². The van der Waals surface area contributed by atoms with Crippen LogP contribution in [0.2, 0.25) is 0 Å². The fourth-order valence-corrected chi connectivity index (χ4v) is 3.02. The van der Waals surface area contributed by atoms with Gasteiger partial charge in [0.15, 0.2) is 11.5 Å². The third kappa shape index (κ3) is 3.29. The van der Waals surface area contributed by atoms with Gasteiger partial charge in [-0.2, -0.15) is 0 Å². The highest BCUT2D eigenvalue weighted by Crippen LogP contribution is 2.29. The Morgan fingerprint density at radius 2 is 2.04 bits per heavy atom. The lowest BCUT2D eigenvalue weighted by molar-refractivity contribution is 0.625. The van der Waals surface area contributed by atoms with Gasteiger partial charge in [-0.25, -0.2) is 23.9 Å². The molecule has 8 heteroatoms. The lowest BCUT2D eigenvalue weighted by atomic mass is 10.0. The van der Waals surface area contributed by atoms with Gasteiger partial charge in [-0.3, -0.25) is 0 Å². The van der Waals surface area contributed by atoms with Crippen LogP contribution in [0, 0.1) is 5.82 Å². The molecule has 0 amide bonds. The minimum atomic E-state index is -0.256. The molecule has 0 fully saturated rings. The highest BCUT2D eigenvalue weighted by Gasteiger charge is 2.16. The Labute approximate surface area is 159 Å². The predicted molar refractivity (Wildman–Crippen MR) is 108 cm³/mol. The van der Waals surface area contributed by atoms with Crippen LogP contribution in [0.1, 0.15) is 29.2 Å². The Morgan fingerprint density at radius 1 is 1.22 bits per heavy atom. The van der Waals surface area contributed by atoms with Gasteiger partial charge >= 0.3 is 0 Å². The molecule has 142 valence electrons. The number of aromatic nitrogens is 5. The van der Waals surface area contributed by atoms with E-state index in [0.717, 1.165) is 12.0 Å². The van der Waals surface area contributed by atoms with Gasteiger partial charge < -0.3 is 11.1 Å². The van der Waals surface area contributed by atoms with E-state index in [-0.39, 0.29) is 16.1 Å². The van der Waals surface area contributed by atoms with Crippen LogP contribution >= 0.6 is 0 Å². The number of rotatable bonds is 5. The standard InChI is InChI=1S/C19H18FN7.3H2/c1-2-14(12-4-6-13(20)7-5-12)25-16-10-15(23-11-24-16)17-18(21)26-27-9-3-8-22-19(17)27;;;/h3-11,14H,2H2,1H3,(H2,21,26)(H,23,24,25);3*1H/t14-;;;/m0.../s1. The second kappa shape index (κ2) is 6.99. The van der Waals surface area contributed by atoms with E-state index in [2.05, 4.69) is 32.3 Å². The molecule has 0 bridgehead atoms. The molecule has 0 saturated carbocycles. The Kier molecular flexibility index (Phi) is 4.37. The summed E-state index contributed by atoms with van der Waals surface area (Å²) in [5, 5.41) is 7.64. The van der Waals surface area contributed by atoms with Crippen molar-refractivity contribution in [2.45, 2.75) is 19.4 Å². The first-order valence-corrected chi connectivity index (χ1v) is 8.59. The molecule has 3 aromatic heterocycles. The largest absolute Gasteiger partial charge is 0.382 e. The third-order valence-corrected chi connectivity index (χ3v) is 4.35. The van der Waals surface area contributed by atoms with Crippen molar-refractivity contribution in [3.05, 3.63) is 66.5 Å². The molecular weight excluding hydrogens is 345 g/mol. The van der Waals surface area contributed by atoms with Gasteiger partial charge in [0.05, 0.1) is 17.3 Å². The lowest BCUT2D eigenvalue weighted by Gasteiger charge is -2.18. The van der Waals surface area contributed by atoms with Gasteiger partial charge in [-0.1, -0.05) is 19.1 Å². The number of hydrogen-bond donors (Lipinski definition) is 2. The van der Waals surface area contributed by atoms with Crippen LogP contribution in [0.3, 0.4) is 0 Å². The number of nitrogen functional groups attached to an aromatic ring is 1. The zero-order valence-corrected chi connectivity index (χ0v) is 14.7. The van der Waals surface area contributed by atoms with Crippen LogP contribution in [0.5, 0.6) is 0 Å². The normalized spacial score (nSPS) is 12.2. The first-order chi connectivity index (χ1) is 13.2. The summed E-state index contributed by atoms with van der Waals surface area (Å²) >= 11 is 0. The van der Waals surface area contributed by atoms with Gasteiger partial charge in [-0.05, 0) is 30.2 Å². The number of nitrogens with one attached hydrogen (secondary N) is 1. The fourth-order valence-electron chi connectivity index (χ4n) is 3.02. The quantitative estimate of drug-likeness (QED) is 0.547. The van der Waals surface area contributed by atoms with E-state index in [9.17, 15) is 4.39 Å². The zero-order chi connectivity index (χ0) is 18.8. The van der Waals surface area contributed by atoms with Crippen molar-refractivity contribution in [1.82, 2.24) is 24.6 Å². The van der Waals surface area contributed by atoms with E-state index >= 15 is 0 Å². The topological polar surface area (TPSA) is 94.0 Å². The number of nitrogens with two attached hydrogens (primary N) is 1. The highest BCUT2D eigenvalue weighted by atomic mass is 19.1. The van der Waals surface area contributed by atoms with Crippen molar-refractivity contribution in [2.75, 3.05) is 11.1 Å². The Morgan fingerprint density at radius 3 is 2.81 bits per heavy atom. The van der Waals surface area contributed by atoms with Gasteiger partial charge in [0, 0.05) is 22.7 Å². The average Bonchev–Trinajstić information content (AvgIpc) is 3.03. The predicted octanol–water partition coefficient (Wildman–Crippen LogP) is 4.21. The number of anilines is 2. The number of nitrogens with zero attached hydrogens (tertiary/aromatic N) is 5. The second-order valence-corrected chi connectivity index (χ2v) is 6.09. The van der Waals surface area contributed by atoms with Crippen LogP contribution in [0.4, 0.5) is 16.0 Å². The van der Waals surface area contributed by atoms with Crippen molar-refractivity contribution in [2.24, 2.45) is 0 Å². The molecule has 0 aliphatic heterocycles. The molecule has 4 aromatic rings. The fraction of sp³-hybridized carbons (Fsp3) is 0.158. The van der Waals surface area contributed by atoms with Crippen LogP contribution in [-0.4, -0.2) is 24.6 Å². The van der Waals surface area contributed by atoms with Crippen molar-refractivity contribution in [3.63, 3.8) is 0 Å². The van der Waals surface area contributed by atoms with Crippen molar-refractivity contribution in [3.8, 4) is 11.3 Å². The number of fused-ring (bicyclic) bond motifs is 1. The Bertz CT molecular complexity index is 1090. The molecule has 0 radical (unpaired) electrons. The Hall–Kier alpha value is -3.55. The van der Waals surface area contributed by atoms with Gasteiger partial charge in [0.25, 0.3) is 0 Å². The number of halogens is 1. The summed E-state index contributed by atoms with van der Waals surface area (Å²) in [6, 6.07) is 10.0. The third-order valence-electron chi connectivity index (χ3n) is 4.35. The summed E-state index contributed by atoms with van der Waals surface area (Å²) in [6.45, 7) is 2.05. The molecule has 0 saturated heterocycles. The van der Waals surface area contributed by atoms with E-state index < -0.39 is 0 Å². The summed E-state index contributed by atoms with van der Waals surface area (Å²) in [5.41, 5.74) is 8.99. The van der Waals surface area contributed by atoms with Crippen LogP contribution in [0.15, 0.2) is 55.1 Å². The minimum absolute atomic E-state index is 0. The van der Waals surface area contributed by atoms with Gasteiger partial charge in [0.1, 0.15) is 18.0 Å². The summed E-state index contributed by atoms with van der Waals surface area (Å²) in [4.78, 5) is 13.0. The van der Waals surface area contributed by atoms with Crippen LogP contribution in [0.25, 0.3) is 16.9 Å². The summed E-state index contributed by atoms with van der Waals surface area (Å²) in [5.74, 6) is 0.740. The van der Waals surface area contributed by atoms with E-state index in [1.54, 1.807) is 35.1 Å². The number of hydrogen-bond acceptors (Lipinski definition) is 6. The molecule has 27 heavy (non-hydrogen) atoms. The second-order valence-electron chi connectivity index (χ2n) is 6.09. The van der Waals surface area contributed by atoms with Crippen molar-refractivity contribution < 1.29 is 8.67 Å². The molecule has 4 rings (SSSR count). The maximum atomic E-state index is 13.2.